The molecule has 1 N–H and O–H groups in total. The molecule has 6 nitrogen and oxygen atoms in total. The number of ether oxygens (including phenoxy) is 1. The van der Waals surface area contributed by atoms with Crippen LogP contribution in [0.2, 0.25) is 5.02 Å². The van der Waals surface area contributed by atoms with Crippen molar-refractivity contribution in [1.29, 1.82) is 0 Å². The second-order valence-electron chi connectivity index (χ2n) is 6.91. The Labute approximate surface area is 189 Å². The summed E-state index contributed by atoms with van der Waals surface area (Å²) < 4.78 is 30.8. The van der Waals surface area contributed by atoms with Gasteiger partial charge in [-0.1, -0.05) is 23.7 Å². The monoisotopic (exact) mass is 477 g/mol. The zero-order valence-electron chi connectivity index (χ0n) is 16.7. The molecular formula is C22H21ClNO5PS. The van der Waals surface area contributed by atoms with Gasteiger partial charge in [-0.2, -0.15) is 0 Å². The van der Waals surface area contributed by atoms with Crippen LogP contribution in [0.4, 0.5) is 0 Å². The molecule has 1 unspecified atom stereocenters. The molecule has 0 spiro atoms. The Morgan fingerprint density at radius 1 is 1.26 bits per heavy atom. The van der Waals surface area contributed by atoms with Crippen molar-refractivity contribution in [3.63, 3.8) is 0 Å². The number of halogens is 1. The topological polar surface area (TPSA) is 73.9 Å². The highest BCUT2D eigenvalue weighted by Crippen LogP contribution is 2.63. The first-order chi connectivity index (χ1) is 15.0. The fourth-order valence-corrected chi connectivity index (χ4v) is 6.66. The number of hydrogen-bond acceptors (Lipinski definition) is 6. The summed E-state index contributed by atoms with van der Waals surface area (Å²) in [7, 11) is -2.12. The predicted octanol–water partition coefficient (Wildman–Crippen LogP) is 6.02. The van der Waals surface area contributed by atoms with Crippen molar-refractivity contribution in [2.24, 2.45) is 0 Å². The number of carbonyl (C=O) groups is 1. The Morgan fingerprint density at radius 3 is 2.84 bits per heavy atom. The SMILES string of the molecule is COc1cccc(/C=C/NC(=O)C(c2csc3ccc(Cl)cc23)P2(=O)OCCCO2)c1. The van der Waals surface area contributed by atoms with Gasteiger partial charge in [0.2, 0.25) is 5.91 Å². The molecule has 2 heterocycles. The van der Waals surface area contributed by atoms with Crippen LogP contribution < -0.4 is 10.1 Å². The number of amides is 1. The van der Waals surface area contributed by atoms with E-state index in [2.05, 4.69) is 5.32 Å². The third kappa shape index (κ3) is 4.86. The van der Waals surface area contributed by atoms with Gasteiger partial charge in [-0.25, -0.2) is 0 Å². The quantitative estimate of drug-likeness (QED) is 0.439. The van der Waals surface area contributed by atoms with Gasteiger partial charge in [0, 0.05) is 15.9 Å². The predicted molar refractivity (Wildman–Crippen MR) is 124 cm³/mol. The summed E-state index contributed by atoms with van der Waals surface area (Å²) >= 11 is 7.63. The highest BCUT2D eigenvalue weighted by Gasteiger charge is 2.45. The van der Waals surface area contributed by atoms with Crippen LogP contribution >= 0.6 is 30.5 Å². The summed E-state index contributed by atoms with van der Waals surface area (Å²) in [4.78, 5) is 13.2. The number of hydrogen-bond donors (Lipinski definition) is 1. The largest absolute Gasteiger partial charge is 0.497 e. The summed E-state index contributed by atoms with van der Waals surface area (Å²) in [6, 6.07) is 12.8. The molecule has 0 saturated carbocycles. The maximum atomic E-state index is 13.5. The van der Waals surface area contributed by atoms with E-state index in [0.29, 0.717) is 22.8 Å². The van der Waals surface area contributed by atoms with E-state index >= 15 is 0 Å². The van der Waals surface area contributed by atoms with Crippen LogP contribution in [0.1, 0.15) is 23.2 Å². The third-order valence-electron chi connectivity index (χ3n) is 4.85. The second kappa shape index (κ2) is 9.55. The fraction of sp³-hybridized carbons (Fsp3) is 0.227. The van der Waals surface area contributed by atoms with E-state index < -0.39 is 19.2 Å². The molecule has 31 heavy (non-hydrogen) atoms. The van der Waals surface area contributed by atoms with Crippen LogP contribution in [0.5, 0.6) is 5.75 Å². The zero-order chi connectivity index (χ0) is 21.8. The van der Waals surface area contributed by atoms with Crippen molar-refractivity contribution >= 4 is 52.6 Å². The first-order valence-corrected chi connectivity index (χ1v) is 12.5. The number of benzene rings is 2. The van der Waals surface area contributed by atoms with Gasteiger partial charge in [0.15, 0.2) is 5.66 Å². The van der Waals surface area contributed by atoms with Crippen molar-refractivity contribution in [3.05, 3.63) is 70.2 Å². The van der Waals surface area contributed by atoms with Gasteiger partial charge >= 0.3 is 7.60 Å². The van der Waals surface area contributed by atoms with Gasteiger partial charge < -0.3 is 19.1 Å². The Morgan fingerprint density at radius 2 is 2.06 bits per heavy atom. The average Bonchev–Trinajstić information content (AvgIpc) is 3.17. The highest BCUT2D eigenvalue weighted by molar-refractivity contribution is 7.55. The Balaban J connectivity index is 1.65. The molecule has 1 aromatic heterocycles. The Bertz CT molecular complexity index is 1170. The first-order valence-electron chi connectivity index (χ1n) is 9.66. The first kappa shape index (κ1) is 22.1. The molecule has 0 aliphatic carbocycles. The number of nitrogens with one attached hydrogen (secondary N) is 1. The zero-order valence-corrected chi connectivity index (χ0v) is 19.2. The third-order valence-corrected chi connectivity index (χ3v) is 8.30. The van der Waals surface area contributed by atoms with E-state index in [-0.39, 0.29) is 13.2 Å². The van der Waals surface area contributed by atoms with Gasteiger partial charge in [-0.15, -0.1) is 11.3 Å². The molecule has 1 amide bonds. The van der Waals surface area contributed by atoms with Crippen molar-refractivity contribution in [2.45, 2.75) is 12.1 Å². The summed E-state index contributed by atoms with van der Waals surface area (Å²) in [5.74, 6) is 0.241. The molecule has 162 valence electrons. The van der Waals surface area contributed by atoms with Gasteiger partial charge in [-0.3, -0.25) is 9.36 Å². The van der Waals surface area contributed by atoms with Crippen LogP contribution in [-0.4, -0.2) is 26.2 Å². The minimum absolute atomic E-state index is 0.281. The molecule has 1 aliphatic heterocycles. The normalized spacial score (nSPS) is 17.0. The molecule has 3 aromatic rings. The van der Waals surface area contributed by atoms with Crippen molar-refractivity contribution in [2.75, 3.05) is 20.3 Å². The maximum absolute atomic E-state index is 13.5. The van der Waals surface area contributed by atoms with Gasteiger partial charge in [0.05, 0.1) is 20.3 Å². The lowest BCUT2D eigenvalue weighted by atomic mass is 10.1. The second-order valence-corrected chi connectivity index (χ2v) is 10.4. The van der Waals surface area contributed by atoms with Crippen LogP contribution in [0.25, 0.3) is 16.2 Å². The molecule has 1 fully saturated rings. The lowest BCUT2D eigenvalue weighted by molar-refractivity contribution is -0.120. The van der Waals surface area contributed by atoms with E-state index in [1.165, 1.54) is 17.5 Å². The highest BCUT2D eigenvalue weighted by atomic mass is 35.5. The molecule has 0 radical (unpaired) electrons. The molecule has 9 heteroatoms. The fourth-order valence-electron chi connectivity index (χ4n) is 3.36. The number of carbonyl (C=O) groups excluding carboxylic acids is 1. The number of thiophene rings is 1. The number of methoxy groups -OCH3 is 1. The minimum atomic E-state index is -3.72. The van der Waals surface area contributed by atoms with E-state index in [4.69, 9.17) is 25.4 Å². The molecular weight excluding hydrogens is 457 g/mol. The van der Waals surface area contributed by atoms with Crippen molar-refractivity contribution in [3.8, 4) is 5.75 Å². The number of rotatable bonds is 6. The summed E-state index contributed by atoms with van der Waals surface area (Å²) in [6.07, 6.45) is 3.88. The lowest BCUT2D eigenvalue weighted by Crippen LogP contribution is -2.28. The van der Waals surface area contributed by atoms with Crippen LogP contribution in [0, 0.1) is 0 Å². The standard InChI is InChI=1S/C22H21ClNO5PS/c1-27-17-5-2-4-15(12-17)8-9-24-22(25)21(30(26)28-10-3-11-29-30)19-14-31-20-7-6-16(23)13-18(19)20/h2,4-9,12-14,21H,3,10-11H2,1H3,(H,24,25)/b9-8+. The summed E-state index contributed by atoms with van der Waals surface area (Å²) in [5.41, 5.74) is 0.329. The van der Waals surface area contributed by atoms with E-state index in [9.17, 15) is 9.36 Å². The molecule has 1 aliphatic rings. The molecule has 4 rings (SSSR count). The van der Waals surface area contributed by atoms with Crippen LogP contribution in [-0.2, 0) is 18.4 Å². The van der Waals surface area contributed by atoms with E-state index in [0.717, 1.165) is 15.6 Å². The van der Waals surface area contributed by atoms with E-state index in [1.807, 2.05) is 35.7 Å². The Hall–Kier alpha value is -2.15. The molecule has 2 aromatic carbocycles. The van der Waals surface area contributed by atoms with Gasteiger partial charge in [0.25, 0.3) is 0 Å². The summed E-state index contributed by atoms with van der Waals surface area (Å²) in [5, 5.41) is 5.86. The van der Waals surface area contributed by atoms with Gasteiger partial charge in [0.1, 0.15) is 5.75 Å². The minimum Gasteiger partial charge on any atom is -0.497 e. The Kier molecular flexibility index (Phi) is 6.80. The maximum Gasteiger partial charge on any atom is 0.347 e. The molecule has 1 atom stereocenters. The van der Waals surface area contributed by atoms with Crippen molar-refractivity contribution in [1.82, 2.24) is 5.32 Å². The summed E-state index contributed by atoms with van der Waals surface area (Å²) in [6.45, 7) is 0.563. The lowest BCUT2D eigenvalue weighted by Gasteiger charge is -2.29. The molecule has 0 bridgehead atoms. The average molecular weight is 478 g/mol. The van der Waals surface area contributed by atoms with Crippen molar-refractivity contribution < 1.29 is 23.1 Å². The smallest absolute Gasteiger partial charge is 0.347 e. The van der Waals surface area contributed by atoms with Gasteiger partial charge in [-0.05, 0) is 64.7 Å². The van der Waals surface area contributed by atoms with E-state index in [1.54, 1.807) is 25.3 Å². The molecule has 1 saturated heterocycles. The van der Waals surface area contributed by atoms with Crippen LogP contribution in [0.3, 0.4) is 0 Å². The van der Waals surface area contributed by atoms with Crippen LogP contribution in [0.15, 0.2) is 54.0 Å². The number of fused-ring (bicyclic) bond motifs is 1.